The van der Waals surface area contributed by atoms with E-state index >= 15 is 0 Å². The maximum absolute atomic E-state index is 12.1. The van der Waals surface area contributed by atoms with Gasteiger partial charge in [0.2, 0.25) is 11.8 Å². The van der Waals surface area contributed by atoms with Crippen molar-refractivity contribution in [3.63, 3.8) is 0 Å². The van der Waals surface area contributed by atoms with Gasteiger partial charge in [0.15, 0.2) is 0 Å². The average molecular weight is 527 g/mol. The second kappa shape index (κ2) is 10.9. The molecular weight excluding hydrogens is 492 g/mol. The lowest BCUT2D eigenvalue weighted by Crippen LogP contribution is -2.49. The average Bonchev–Trinajstić information content (AvgIpc) is 2.98. The van der Waals surface area contributed by atoms with Crippen LogP contribution in [0.25, 0.3) is 10.8 Å². The molecular formula is C30H34N6O3. The number of benzene rings is 2. The summed E-state index contributed by atoms with van der Waals surface area (Å²) in [5.74, 6) is 0.925. The largest absolute Gasteiger partial charge is 0.461 e. The number of hydrogen-bond acceptors (Lipinski definition) is 7. The maximum atomic E-state index is 12.1. The van der Waals surface area contributed by atoms with E-state index in [0.29, 0.717) is 51.8 Å². The van der Waals surface area contributed by atoms with E-state index in [1.807, 2.05) is 4.90 Å². The Kier molecular flexibility index (Phi) is 7.04. The predicted molar refractivity (Wildman–Crippen MR) is 151 cm³/mol. The summed E-state index contributed by atoms with van der Waals surface area (Å²) < 4.78 is 6.12. The van der Waals surface area contributed by atoms with Crippen molar-refractivity contribution >= 4 is 34.1 Å². The van der Waals surface area contributed by atoms with E-state index < -0.39 is 0 Å². The fourth-order valence-electron chi connectivity index (χ4n) is 5.85. The number of amides is 2. The van der Waals surface area contributed by atoms with E-state index in [-0.39, 0.29) is 17.9 Å². The van der Waals surface area contributed by atoms with Crippen LogP contribution in [0.4, 0.5) is 11.5 Å². The summed E-state index contributed by atoms with van der Waals surface area (Å²) in [5.41, 5.74) is 3.31. The van der Waals surface area contributed by atoms with E-state index in [4.69, 9.17) is 14.7 Å². The summed E-state index contributed by atoms with van der Waals surface area (Å²) in [5, 5.41) is 5.45. The number of piperidine rings is 1. The summed E-state index contributed by atoms with van der Waals surface area (Å²) in [6.45, 7) is 8.11. The van der Waals surface area contributed by atoms with Gasteiger partial charge >= 0.3 is 6.01 Å². The second-order valence-electron chi connectivity index (χ2n) is 10.4. The first-order valence-electron chi connectivity index (χ1n) is 13.8. The third kappa shape index (κ3) is 5.26. The number of nitrogens with one attached hydrogen (secondary N) is 1. The second-order valence-corrected chi connectivity index (χ2v) is 10.4. The lowest BCUT2D eigenvalue weighted by molar-refractivity contribution is -0.126. The molecule has 4 heterocycles. The summed E-state index contributed by atoms with van der Waals surface area (Å²) in [6, 6.07) is 15.2. The van der Waals surface area contributed by atoms with Gasteiger partial charge in [-0.25, -0.2) is 0 Å². The van der Waals surface area contributed by atoms with E-state index in [1.54, 1.807) is 0 Å². The smallest absolute Gasteiger partial charge is 0.318 e. The highest BCUT2D eigenvalue weighted by Crippen LogP contribution is 2.34. The number of ether oxygens (including phenoxy) is 1. The van der Waals surface area contributed by atoms with Crippen LogP contribution in [0.15, 0.2) is 55.1 Å². The number of hydrogen-bond donors (Lipinski definition) is 1. The van der Waals surface area contributed by atoms with Gasteiger partial charge in [-0.1, -0.05) is 43.0 Å². The highest BCUT2D eigenvalue weighted by molar-refractivity contribution is 5.94. The van der Waals surface area contributed by atoms with E-state index in [1.165, 1.54) is 22.5 Å². The Labute approximate surface area is 228 Å². The van der Waals surface area contributed by atoms with Gasteiger partial charge in [-0.2, -0.15) is 9.97 Å². The number of aromatic nitrogens is 2. The van der Waals surface area contributed by atoms with Crippen LogP contribution in [0.2, 0.25) is 0 Å². The topological polar surface area (TPSA) is 90.9 Å². The summed E-state index contributed by atoms with van der Waals surface area (Å²) in [7, 11) is 0. The minimum atomic E-state index is -0.0383. The van der Waals surface area contributed by atoms with Crippen LogP contribution in [-0.2, 0) is 22.6 Å². The van der Waals surface area contributed by atoms with Gasteiger partial charge < -0.3 is 24.8 Å². The highest BCUT2D eigenvalue weighted by Gasteiger charge is 2.29. The molecule has 39 heavy (non-hydrogen) atoms. The Hall–Kier alpha value is -4.14. The number of rotatable bonds is 6. The van der Waals surface area contributed by atoms with Gasteiger partial charge in [0.25, 0.3) is 0 Å². The molecule has 1 aromatic heterocycles. The molecule has 3 aliphatic heterocycles. The van der Waals surface area contributed by atoms with Crippen LogP contribution >= 0.6 is 0 Å². The van der Waals surface area contributed by atoms with Gasteiger partial charge in [0, 0.05) is 55.8 Å². The Morgan fingerprint density at radius 3 is 2.67 bits per heavy atom. The van der Waals surface area contributed by atoms with Crippen LogP contribution in [0.1, 0.15) is 30.5 Å². The lowest BCUT2D eigenvalue weighted by atomic mass is 10.0. The molecule has 3 aliphatic rings. The van der Waals surface area contributed by atoms with Crippen LogP contribution in [0.3, 0.4) is 0 Å². The van der Waals surface area contributed by atoms with Crippen LogP contribution in [0, 0.1) is 0 Å². The molecule has 2 aromatic carbocycles. The molecule has 0 radical (unpaired) electrons. The predicted octanol–water partition coefficient (Wildman–Crippen LogP) is 3.07. The van der Waals surface area contributed by atoms with Gasteiger partial charge in [-0.05, 0) is 36.8 Å². The molecule has 9 heteroatoms. The molecule has 0 saturated carbocycles. The molecule has 1 N–H and O–H groups in total. The summed E-state index contributed by atoms with van der Waals surface area (Å²) in [6.07, 6.45) is 4.51. The Morgan fingerprint density at radius 2 is 1.85 bits per heavy atom. The number of nitrogens with zero attached hydrogens (tertiary/aromatic N) is 5. The molecule has 9 nitrogen and oxygen atoms in total. The molecule has 0 unspecified atom stereocenters. The maximum Gasteiger partial charge on any atom is 0.318 e. The molecule has 1 atom stereocenters. The zero-order chi connectivity index (χ0) is 26.8. The molecule has 0 spiro atoms. The van der Waals surface area contributed by atoms with Crippen molar-refractivity contribution in [1.82, 2.24) is 20.2 Å². The van der Waals surface area contributed by atoms with E-state index in [0.717, 1.165) is 42.9 Å². The third-order valence-corrected chi connectivity index (χ3v) is 7.93. The molecule has 2 fully saturated rings. The molecule has 3 aromatic rings. The molecule has 2 saturated heterocycles. The van der Waals surface area contributed by atoms with Crippen molar-refractivity contribution in [2.24, 2.45) is 0 Å². The molecule has 0 bridgehead atoms. The molecule has 2 amide bonds. The highest BCUT2D eigenvalue weighted by atomic mass is 16.5. The van der Waals surface area contributed by atoms with Gasteiger partial charge in [-0.3, -0.25) is 9.59 Å². The van der Waals surface area contributed by atoms with Crippen molar-refractivity contribution in [1.29, 1.82) is 0 Å². The van der Waals surface area contributed by atoms with Crippen molar-refractivity contribution in [2.75, 3.05) is 49.1 Å². The van der Waals surface area contributed by atoms with Crippen molar-refractivity contribution in [2.45, 2.75) is 38.3 Å². The van der Waals surface area contributed by atoms with Crippen LogP contribution in [0.5, 0.6) is 6.01 Å². The fourth-order valence-corrected chi connectivity index (χ4v) is 5.85. The van der Waals surface area contributed by atoms with Gasteiger partial charge in [0.1, 0.15) is 12.4 Å². The minimum absolute atomic E-state index is 0.0324. The van der Waals surface area contributed by atoms with E-state index in [9.17, 15) is 9.59 Å². The quantitative estimate of drug-likeness (QED) is 0.494. The normalized spacial score (nSPS) is 19.4. The monoisotopic (exact) mass is 526 g/mol. The fraction of sp³-hybridized carbons (Fsp3) is 0.400. The van der Waals surface area contributed by atoms with E-state index in [2.05, 4.69) is 64.2 Å². The first-order chi connectivity index (χ1) is 19.1. The van der Waals surface area contributed by atoms with Crippen molar-refractivity contribution in [3.8, 4) is 6.01 Å². The molecule has 6 rings (SSSR count). The standard InChI is InChI=1S/C30H34N6O3/c1-2-28(38)34-15-17-35(18-16-34)29-24-13-14-36(26-11-5-8-21-7-3-4-10-23(21)26)19-25(24)32-30(33-29)39-20-22-9-6-12-27(37)31-22/h2-5,7-8,10-11,22H,1,6,9,12-20H2,(H,31,37)/t22-/m0/s1. The SMILES string of the molecule is C=CC(=O)N1CCN(c2nc(OC[C@@H]3CCCC(=O)N3)nc3c2CCN(c2cccc4ccccc24)C3)CC1. The Bertz CT molecular complexity index is 1400. The first-order valence-corrected chi connectivity index (χ1v) is 13.8. The van der Waals surface area contributed by atoms with Gasteiger partial charge in [0.05, 0.1) is 18.3 Å². The summed E-state index contributed by atoms with van der Waals surface area (Å²) in [4.78, 5) is 40.2. The van der Waals surface area contributed by atoms with Gasteiger partial charge in [-0.15, -0.1) is 0 Å². The number of carbonyl (C=O) groups is 2. The van der Waals surface area contributed by atoms with Crippen molar-refractivity contribution in [3.05, 3.63) is 66.4 Å². The Balaban J connectivity index is 1.29. The van der Waals surface area contributed by atoms with Crippen molar-refractivity contribution < 1.29 is 14.3 Å². The lowest BCUT2D eigenvalue weighted by Gasteiger charge is -2.38. The Morgan fingerprint density at radius 1 is 1.03 bits per heavy atom. The number of fused-ring (bicyclic) bond motifs is 2. The molecule has 0 aliphatic carbocycles. The first kappa shape index (κ1) is 25.2. The summed E-state index contributed by atoms with van der Waals surface area (Å²) >= 11 is 0. The van der Waals surface area contributed by atoms with Crippen LogP contribution < -0.4 is 19.9 Å². The van der Waals surface area contributed by atoms with Crippen LogP contribution in [-0.4, -0.2) is 72.1 Å². The minimum Gasteiger partial charge on any atom is -0.461 e. The third-order valence-electron chi connectivity index (χ3n) is 7.93. The number of piperazine rings is 1. The number of carbonyl (C=O) groups excluding carboxylic acids is 2. The zero-order valence-electron chi connectivity index (χ0n) is 22.1. The molecule has 202 valence electrons. The number of anilines is 2. The zero-order valence-corrected chi connectivity index (χ0v) is 22.1.